The molecule has 0 saturated carbocycles. The van der Waals surface area contributed by atoms with Crippen molar-refractivity contribution in [2.45, 2.75) is 31.8 Å². The minimum Gasteiger partial charge on any atom is -0.632 e. The van der Waals surface area contributed by atoms with Crippen LogP contribution >= 0.6 is 0 Å². The second-order valence-electron chi connectivity index (χ2n) is 4.85. The van der Waals surface area contributed by atoms with Gasteiger partial charge >= 0.3 is 5.97 Å². The van der Waals surface area contributed by atoms with Crippen LogP contribution in [0.4, 0.5) is 0 Å². The Morgan fingerprint density at radius 2 is 2.11 bits per heavy atom. The fourth-order valence-electron chi connectivity index (χ4n) is 2.64. The van der Waals surface area contributed by atoms with Gasteiger partial charge in [-0.1, -0.05) is 30.3 Å². The first kappa shape index (κ1) is 13.1. The second kappa shape index (κ2) is 5.50. The van der Waals surface area contributed by atoms with Gasteiger partial charge in [-0.15, -0.1) is 0 Å². The largest absolute Gasteiger partial charge is 0.632 e. The van der Waals surface area contributed by atoms with Crippen LogP contribution in [0.2, 0.25) is 0 Å². The third kappa shape index (κ3) is 2.71. The highest BCUT2D eigenvalue weighted by Crippen LogP contribution is 2.28. The summed E-state index contributed by atoms with van der Waals surface area (Å²) in [4.78, 5) is 11.7. The van der Waals surface area contributed by atoms with E-state index in [0.29, 0.717) is 19.5 Å². The Labute approximate surface area is 107 Å². The van der Waals surface area contributed by atoms with E-state index in [0.717, 1.165) is 18.4 Å². The van der Waals surface area contributed by atoms with Gasteiger partial charge in [0.05, 0.1) is 13.7 Å². The van der Waals surface area contributed by atoms with Crippen LogP contribution in [0.3, 0.4) is 0 Å². The van der Waals surface area contributed by atoms with Crippen LogP contribution in [0.15, 0.2) is 30.3 Å². The molecule has 0 amide bonds. The predicted molar refractivity (Wildman–Crippen MR) is 68.3 cm³/mol. The van der Waals surface area contributed by atoms with E-state index in [1.807, 2.05) is 30.3 Å². The SMILES string of the molecule is COC(=O)[C@@H]1CCCC[N@@+]1([O-])Cc1ccccc1. The maximum absolute atomic E-state index is 12.9. The van der Waals surface area contributed by atoms with Gasteiger partial charge in [0.2, 0.25) is 0 Å². The molecule has 4 nitrogen and oxygen atoms in total. The summed E-state index contributed by atoms with van der Waals surface area (Å²) in [7, 11) is 1.35. The van der Waals surface area contributed by atoms with Crippen molar-refractivity contribution in [1.29, 1.82) is 0 Å². The molecule has 18 heavy (non-hydrogen) atoms. The van der Waals surface area contributed by atoms with E-state index in [1.165, 1.54) is 7.11 Å². The number of carbonyl (C=O) groups excluding carboxylic acids is 1. The number of hydroxylamine groups is 3. The minimum absolute atomic E-state index is 0.348. The number of likely N-dealkylation sites (tertiary alicyclic amines) is 1. The molecule has 0 aliphatic carbocycles. The smallest absolute Gasteiger partial charge is 0.365 e. The Bertz CT molecular complexity index is 407. The van der Waals surface area contributed by atoms with Crippen molar-refractivity contribution in [1.82, 2.24) is 0 Å². The number of hydrogen-bond donors (Lipinski definition) is 0. The highest BCUT2D eigenvalue weighted by molar-refractivity contribution is 5.74. The molecule has 2 rings (SSSR count). The average molecular weight is 249 g/mol. The standard InChI is InChI=1S/C14H19NO3/c1-18-14(16)13-9-5-6-10-15(13,17)11-12-7-3-2-4-8-12/h2-4,7-8,13H,5-6,9-11H2,1H3/t13-,15+/m0/s1. The van der Waals surface area contributed by atoms with Gasteiger partial charge in [0, 0.05) is 12.0 Å². The number of nitrogens with zero attached hydrogens (tertiary/aromatic N) is 1. The molecule has 0 unspecified atom stereocenters. The summed E-state index contributed by atoms with van der Waals surface area (Å²) in [6, 6.07) is 9.05. The topological polar surface area (TPSA) is 49.4 Å². The van der Waals surface area contributed by atoms with Gasteiger partial charge in [-0.2, -0.15) is 0 Å². The number of piperidine rings is 1. The van der Waals surface area contributed by atoms with Crippen LogP contribution in [-0.2, 0) is 16.1 Å². The van der Waals surface area contributed by atoms with Crippen molar-refractivity contribution in [3.05, 3.63) is 41.1 Å². The van der Waals surface area contributed by atoms with Crippen molar-refractivity contribution < 1.29 is 14.2 Å². The summed E-state index contributed by atoms with van der Waals surface area (Å²) in [5.41, 5.74) is 0.975. The number of esters is 1. The summed E-state index contributed by atoms with van der Waals surface area (Å²) in [6.45, 7) is 0.843. The molecule has 4 heteroatoms. The summed E-state index contributed by atoms with van der Waals surface area (Å²) < 4.78 is 4.29. The summed E-state index contributed by atoms with van der Waals surface area (Å²) in [5.74, 6) is -0.374. The Morgan fingerprint density at radius 3 is 2.78 bits per heavy atom. The van der Waals surface area contributed by atoms with Crippen LogP contribution in [-0.4, -0.2) is 30.3 Å². The molecule has 0 bridgehead atoms. The second-order valence-corrected chi connectivity index (χ2v) is 4.85. The van der Waals surface area contributed by atoms with Crippen LogP contribution in [0.1, 0.15) is 24.8 Å². The first-order valence-electron chi connectivity index (χ1n) is 6.35. The zero-order chi connectivity index (χ0) is 13.0. The highest BCUT2D eigenvalue weighted by Gasteiger charge is 2.38. The van der Waals surface area contributed by atoms with Gasteiger partial charge in [-0.3, -0.25) is 0 Å². The van der Waals surface area contributed by atoms with Crippen LogP contribution in [0, 0.1) is 5.21 Å². The Kier molecular flexibility index (Phi) is 3.99. The molecule has 1 aliphatic heterocycles. The minimum atomic E-state index is -0.566. The molecule has 98 valence electrons. The molecule has 0 N–H and O–H groups in total. The number of hydrogen-bond acceptors (Lipinski definition) is 3. The number of ether oxygens (including phenoxy) is 1. The lowest BCUT2D eigenvalue weighted by Gasteiger charge is -2.49. The maximum Gasteiger partial charge on any atom is 0.365 e. The molecular formula is C14H19NO3. The third-order valence-corrected chi connectivity index (χ3v) is 3.60. The number of rotatable bonds is 3. The molecule has 1 aliphatic rings. The van der Waals surface area contributed by atoms with Crippen molar-refractivity contribution in [3.8, 4) is 0 Å². The van der Waals surface area contributed by atoms with Crippen molar-refractivity contribution in [2.75, 3.05) is 13.7 Å². The lowest BCUT2D eigenvalue weighted by atomic mass is 10.0. The van der Waals surface area contributed by atoms with Crippen LogP contribution in [0.5, 0.6) is 0 Å². The lowest BCUT2D eigenvalue weighted by Crippen LogP contribution is -2.56. The molecule has 1 saturated heterocycles. The van der Waals surface area contributed by atoms with E-state index in [2.05, 4.69) is 0 Å². The highest BCUT2D eigenvalue weighted by atomic mass is 16.6. The molecule has 1 fully saturated rings. The first-order valence-corrected chi connectivity index (χ1v) is 6.35. The molecule has 1 aromatic rings. The molecule has 0 spiro atoms. The van der Waals surface area contributed by atoms with Gasteiger partial charge in [-0.25, -0.2) is 4.79 Å². The number of methoxy groups -OCH3 is 1. The molecule has 0 aromatic heterocycles. The quantitative estimate of drug-likeness (QED) is 0.469. The number of carbonyl (C=O) groups is 1. The lowest BCUT2D eigenvalue weighted by molar-refractivity contribution is -0.914. The van der Waals surface area contributed by atoms with E-state index in [4.69, 9.17) is 4.74 Å². The summed E-state index contributed by atoms with van der Waals surface area (Å²) in [5, 5.41) is 12.9. The zero-order valence-corrected chi connectivity index (χ0v) is 10.7. The Balaban J connectivity index is 2.17. The van der Waals surface area contributed by atoms with E-state index < -0.39 is 10.7 Å². The normalized spacial score (nSPS) is 27.8. The average Bonchev–Trinajstić information content (AvgIpc) is 2.39. The third-order valence-electron chi connectivity index (χ3n) is 3.60. The predicted octanol–water partition coefficient (Wildman–Crippen LogP) is 2.23. The summed E-state index contributed by atoms with van der Waals surface area (Å²) in [6.07, 6.45) is 2.43. The molecular weight excluding hydrogens is 230 g/mol. The van der Waals surface area contributed by atoms with Crippen LogP contribution in [0.25, 0.3) is 0 Å². The molecule has 1 aromatic carbocycles. The van der Waals surface area contributed by atoms with Gasteiger partial charge in [0.15, 0.2) is 6.04 Å². The van der Waals surface area contributed by atoms with Crippen molar-refractivity contribution in [2.24, 2.45) is 0 Å². The van der Waals surface area contributed by atoms with E-state index in [9.17, 15) is 10.0 Å². The fraction of sp³-hybridized carbons (Fsp3) is 0.500. The number of quaternary nitrogens is 1. The molecule has 0 radical (unpaired) electrons. The zero-order valence-electron chi connectivity index (χ0n) is 10.7. The van der Waals surface area contributed by atoms with E-state index in [-0.39, 0.29) is 5.97 Å². The Hall–Kier alpha value is -1.39. The first-order chi connectivity index (χ1) is 8.65. The van der Waals surface area contributed by atoms with E-state index >= 15 is 0 Å². The Morgan fingerprint density at radius 1 is 1.39 bits per heavy atom. The molecule has 2 atom stereocenters. The fourth-order valence-corrected chi connectivity index (χ4v) is 2.64. The summed E-state index contributed by atoms with van der Waals surface area (Å²) >= 11 is 0. The molecule has 1 heterocycles. The van der Waals surface area contributed by atoms with Gasteiger partial charge < -0.3 is 14.6 Å². The van der Waals surface area contributed by atoms with Crippen molar-refractivity contribution in [3.63, 3.8) is 0 Å². The monoisotopic (exact) mass is 249 g/mol. The maximum atomic E-state index is 12.9. The van der Waals surface area contributed by atoms with Gasteiger partial charge in [-0.05, 0) is 12.8 Å². The van der Waals surface area contributed by atoms with E-state index in [1.54, 1.807) is 0 Å². The van der Waals surface area contributed by atoms with Gasteiger partial charge in [0.25, 0.3) is 0 Å². The number of benzene rings is 1. The van der Waals surface area contributed by atoms with Gasteiger partial charge in [0.1, 0.15) is 6.54 Å². The van der Waals surface area contributed by atoms with Crippen LogP contribution < -0.4 is 0 Å². The van der Waals surface area contributed by atoms with Crippen molar-refractivity contribution >= 4 is 5.97 Å².